The van der Waals surface area contributed by atoms with Crippen molar-refractivity contribution in [1.29, 1.82) is 0 Å². The minimum Gasteiger partial charge on any atom is -0.358 e. The Hall–Kier alpha value is -2.67. The summed E-state index contributed by atoms with van der Waals surface area (Å²) in [5.74, 6) is 0.959. The maximum absolute atomic E-state index is 11.6. The average molecular weight is 339 g/mol. The summed E-state index contributed by atoms with van der Waals surface area (Å²) in [5.41, 5.74) is 3.05. The maximum Gasteiger partial charge on any atom is 0.230 e. The number of aromatic nitrogens is 4. The van der Waals surface area contributed by atoms with Crippen LogP contribution in [0.3, 0.4) is 0 Å². The molecule has 0 aliphatic rings. The Balaban J connectivity index is 2.05. The number of pyridine rings is 1. The first-order chi connectivity index (χ1) is 11.7. The van der Waals surface area contributed by atoms with Gasteiger partial charge in [0.05, 0.1) is 5.75 Å². The first kappa shape index (κ1) is 16.2. The number of aryl methyl sites for hydroxylation is 1. The van der Waals surface area contributed by atoms with Gasteiger partial charge >= 0.3 is 0 Å². The van der Waals surface area contributed by atoms with Gasteiger partial charge in [0.15, 0.2) is 11.0 Å². The van der Waals surface area contributed by atoms with Crippen molar-refractivity contribution < 1.29 is 4.79 Å². The molecule has 2 aromatic heterocycles. The fourth-order valence-corrected chi connectivity index (χ4v) is 3.00. The first-order valence-corrected chi connectivity index (χ1v) is 8.44. The quantitative estimate of drug-likeness (QED) is 0.723. The highest BCUT2D eigenvalue weighted by atomic mass is 32.2. The standard InChI is InChI=1S/C17H17N5OS/c1-12-3-5-14(6-4-12)22-16(13-7-9-19-10-8-13)20-21-17(22)24-11-15(23)18-2/h3-10H,11H2,1-2H3,(H,18,23). The third kappa shape index (κ3) is 3.46. The van der Waals surface area contributed by atoms with Gasteiger partial charge in [0, 0.05) is 30.7 Å². The summed E-state index contributed by atoms with van der Waals surface area (Å²) in [6.07, 6.45) is 3.45. The molecular weight excluding hydrogens is 322 g/mol. The van der Waals surface area contributed by atoms with Gasteiger partial charge < -0.3 is 5.32 Å². The molecule has 1 amide bonds. The SMILES string of the molecule is CNC(=O)CSc1nnc(-c2ccncc2)n1-c1ccc(C)cc1. The van der Waals surface area contributed by atoms with E-state index in [4.69, 9.17) is 0 Å². The van der Waals surface area contributed by atoms with Gasteiger partial charge in [-0.25, -0.2) is 0 Å². The molecule has 24 heavy (non-hydrogen) atoms. The molecule has 3 aromatic rings. The van der Waals surface area contributed by atoms with E-state index >= 15 is 0 Å². The van der Waals surface area contributed by atoms with Gasteiger partial charge in [0.2, 0.25) is 5.91 Å². The summed E-state index contributed by atoms with van der Waals surface area (Å²) in [5, 5.41) is 11.9. The second-order valence-electron chi connectivity index (χ2n) is 5.17. The molecule has 0 fully saturated rings. The van der Waals surface area contributed by atoms with Crippen LogP contribution in [0.25, 0.3) is 17.1 Å². The number of amides is 1. The number of nitrogens with one attached hydrogen (secondary N) is 1. The van der Waals surface area contributed by atoms with Gasteiger partial charge in [-0.1, -0.05) is 29.5 Å². The molecule has 1 aromatic carbocycles. The molecule has 7 heteroatoms. The molecule has 0 saturated heterocycles. The first-order valence-electron chi connectivity index (χ1n) is 7.45. The number of hydrogen-bond acceptors (Lipinski definition) is 5. The third-order valence-corrected chi connectivity index (χ3v) is 4.40. The van der Waals surface area contributed by atoms with E-state index in [-0.39, 0.29) is 11.7 Å². The van der Waals surface area contributed by atoms with Gasteiger partial charge in [-0.3, -0.25) is 14.3 Å². The van der Waals surface area contributed by atoms with Crippen LogP contribution in [-0.2, 0) is 4.79 Å². The second kappa shape index (κ2) is 7.27. The predicted molar refractivity (Wildman–Crippen MR) is 94.1 cm³/mol. The van der Waals surface area contributed by atoms with Crippen molar-refractivity contribution in [2.75, 3.05) is 12.8 Å². The molecule has 122 valence electrons. The van der Waals surface area contributed by atoms with Crippen LogP contribution >= 0.6 is 11.8 Å². The molecule has 0 aliphatic carbocycles. The zero-order valence-corrected chi connectivity index (χ0v) is 14.2. The van der Waals surface area contributed by atoms with Crippen molar-refractivity contribution >= 4 is 17.7 Å². The van der Waals surface area contributed by atoms with Crippen LogP contribution < -0.4 is 5.32 Å². The lowest BCUT2D eigenvalue weighted by molar-refractivity contribution is -0.118. The molecule has 0 aliphatic heterocycles. The van der Waals surface area contributed by atoms with Crippen molar-refractivity contribution in [3.05, 3.63) is 54.4 Å². The third-order valence-electron chi connectivity index (χ3n) is 3.48. The van der Waals surface area contributed by atoms with E-state index in [2.05, 4.69) is 20.5 Å². The summed E-state index contributed by atoms with van der Waals surface area (Å²) in [6, 6.07) is 11.9. The lowest BCUT2D eigenvalue weighted by Crippen LogP contribution is -2.20. The number of nitrogens with zero attached hydrogens (tertiary/aromatic N) is 4. The Kier molecular flexibility index (Phi) is 4.90. The van der Waals surface area contributed by atoms with E-state index in [9.17, 15) is 4.79 Å². The number of carbonyl (C=O) groups is 1. The van der Waals surface area contributed by atoms with E-state index < -0.39 is 0 Å². The average Bonchev–Trinajstić information content (AvgIpc) is 3.05. The van der Waals surface area contributed by atoms with E-state index in [1.807, 2.05) is 47.9 Å². The molecule has 6 nitrogen and oxygen atoms in total. The number of carbonyl (C=O) groups excluding carboxylic acids is 1. The van der Waals surface area contributed by atoms with E-state index in [1.54, 1.807) is 19.4 Å². The van der Waals surface area contributed by atoms with Crippen LogP contribution in [0.1, 0.15) is 5.56 Å². The van der Waals surface area contributed by atoms with Crippen molar-refractivity contribution in [3.63, 3.8) is 0 Å². The molecule has 0 unspecified atom stereocenters. The minimum absolute atomic E-state index is 0.0519. The van der Waals surface area contributed by atoms with Crippen molar-refractivity contribution in [2.24, 2.45) is 0 Å². The van der Waals surface area contributed by atoms with E-state index in [0.29, 0.717) is 5.16 Å². The van der Waals surface area contributed by atoms with Gasteiger partial charge in [0.25, 0.3) is 0 Å². The summed E-state index contributed by atoms with van der Waals surface area (Å²) >= 11 is 1.36. The topological polar surface area (TPSA) is 72.7 Å². The second-order valence-corrected chi connectivity index (χ2v) is 6.12. The predicted octanol–water partition coefficient (Wildman–Crippen LogP) is 2.48. The van der Waals surface area contributed by atoms with Gasteiger partial charge in [-0.05, 0) is 31.2 Å². The van der Waals surface area contributed by atoms with Crippen LogP contribution in [0.5, 0.6) is 0 Å². The van der Waals surface area contributed by atoms with E-state index in [0.717, 1.165) is 17.1 Å². The number of benzene rings is 1. The van der Waals surface area contributed by atoms with Gasteiger partial charge in [-0.2, -0.15) is 0 Å². The highest BCUT2D eigenvalue weighted by molar-refractivity contribution is 7.99. The highest BCUT2D eigenvalue weighted by Crippen LogP contribution is 2.27. The molecule has 0 atom stereocenters. The lowest BCUT2D eigenvalue weighted by atomic mass is 10.2. The molecule has 0 bridgehead atoms. The fraction of sp³-hybridized carbons (Fsp3) is 0.176. The Labute approximate surface area is 144 Å². The Morgan fingerprint density at radius 2 is 1.83 bits per heavy atom. The largest absolute Gasteiger partial charge is 0.358 e. The number of rotatable bonds is 5. The van der Waals surface area contributed by atoms with Crippen LogP contribution in [0.4, 0.5) is 0 Å². The van der Waals surface area contributed by atoms with Crippen LogP contribution in [-0.4, -0.2) is 38.5 Å². The Morgan fingerprint density at radius 1 is 1.12 bits per heavy atom. The van der Waals surface area contributed by atoms with Gasteiger partial charge in [-0.15, -0.1) is 10.2 Å². The number of hydrogen-bond donors (Lipinski definition) is 1. The van der Waals surface area contributed by atoms with Crippen molar-refractivity contribution in [1.82, 2.24) is 25.1 Å². The normalized spacial score (nSPS) is 10.6. The molecule has 0 spiro atoms. The van der Waals surface area contributed by atoms with Crippen molar-refractivity contribution in [3.8, 4) is 17.1 Å². The molecule has 1 N–H and O–H groups in total. The molecule has 2 heterocycles. The summed E-state index contributed by atoms with van der Waals surface area (Å²) in [4.78, 5) is 15.6. The Morgan fingerprint density at radius 3 is 2.50 bits per heavy atom. The smallest absolute Gasteiger partial charge is 0.230 e. The molecule has 0 saturated carbocycles. The monoisotopic (exact) mass is 339 g/mol. The molecule has 0 radical (unpaired) electrons. The minimum atomic E-state index is -0.0519. The van der Waals surface area contributed by atoms with Crippen LogP contribution in [0, 0.1) is 6.92 Å². The number of thioether (sulfide) groups is 1. The maximum atomic E-state index is 11.6. The van der Waals surface area contributed by atoms with Crippen molar-refractivity contribution in [2.45, 2.75) is 12.1 Å². The fourth-order valence-electron chi connectivity index (χ4n) is 2.18. The molecular formula is C17H17N5OS. The van der Waals surface area contributed by atoms with Crippen LogP contribution in [0.2, 0.25) is 0 Å². The molecule has 3 rings (SSSR count). The van der Waals surface area contributed by atoms with Gasteiger partial charge in [0.1, 0.15) is 0 Å². The Bertz CT molecular complexity index is 830. The summed E-state index contributed by atoms with van der Waals surface area (Å²) in [7, 11) is 1.62. The zero-order chi connectivity index (χ0) is 16.9. The lowest BCUT2D eigenvalue weighted by Gasteiger charge is -2.10. The van der Waals surface area contributed by atoms with E-state index in [1.165, 1.54) is 17.3 Å². The highest BCUT2D eigenvalue weighted by Gasteiger charge is 2.16. The summed E-state index contributed by atoms with van der Waals surface area (Å²) in [6.45, 7) is 2.04. The summed E-state index contributed by atoms with van der Waals surface area (Å²) < 4.78 is 1.96. The van der Waals surface area contributed by atoms with Crippen LogP contribution in [0.15, 0.2) is 53.9 Å². The zero-order valence-electron chi connectivity index (χ0n) is 13.4.